The van der Waals surface area contributed by atoms with Crippen molar-refractivity contribution >= 4 is 17.4 Å². The molecule has 3 heterocycles. The van der Waals surface area contributed by atoms with Crippen LogP contribution in [0.1, 0.15) is 31.2 Å². The minimum absolute atomic E-state index is 0.0740. The van der Waals surface area contributed by atoms with Gasteiger partial charge in [-0.15, -0.1) is 0 Å². The van der Waals surface area contributed by atoms with Gasteiger partial charge in [0.05, 0.1) is 16.8 Å². The number of piperazine rings is 1. The number of anilines is 1. The van der Waals surface area contributed by atoms with Crippen LogP contribution in [0.4, 0.5) is 5.82 Å². The van der Waals surface area contributed by atoms with Gasteiger partial charge in [-0.05, 0) is 31.9 Å². The van der Waals surface area contributed by atoms with Crippen LogP contribution in [0, 0.1) is 0 Å². The number of nitrogens with one attached hydrogen (secondary N) is 1. The van der Waals surface area contributed by atoms with E-state index < -0.39 is 0 Å². The number of hydrogen-bond acceptors (Lipinski definition) is 4. The zero-order chi connectivity index (χ0) is 13.6. The fourth-order valence-electron chi connectivity index (χ4n) is 3.12. The van der Waals surface area contributed by atoms with Gasteiger partial charge in [-0.3, -0.25) is 0 Å². The van der Waals surface area contributed by atoms with Gasteiger partial charge in [-0.1, -0.05) is 11.6 Å². The lowest BCUT2D eigenvalue weighted by atomic mass is 10.1. The lowest BCUT2D eigenvalue weighted by Crippen LogP contribution is -2.55. The Bertz CT molecular complexity index is 494. The molecule has 104 valence electrons. The molecular weight excluding hydrogens is 262 g/mol. The molecule has 3 atom stereocenters. The van der Waals surface area contributed by atoms with Gasteiger partial charge in [0, 0.05) is 32.3 Å². The first-order valence-electron chi connectivity index (χ1n) is 6.83. The smallest absolute Gasteiger partial charge is 0.132 e. The van der Waals surface area contributed by atoms with Crippen molar-refractivity contribution in [2.75, 3.05) is 25.1 Å². The molecule has 0 saturated carbocycles. The van der Waals surface area contributed by atoms with Crippen molar-refractivity contribution in [1.29, 1.82) is 0 Å². The van der Waals surface area contributed by atoms with E-state index in [1.807, 2.05) is 6.92 Å². The Morgan fingerprint density at radius 1 is 1.53 bits per heavy atom. The van der Waals surface area contributed by atoms with Crippen molar-refractivity contribution in [3.05, 3.63) is 22.3 Å². The quantitative estimate of drug-likeness (QED) is 0.901. The van der Waals surface area contributed by atoms with Crippen LogP contribution in [0.25, 0.3) is 0 Å². The molecule has 2 aliphatic rings. The molecule has 1 N–H and O–H groups in total. The number of halogens is 1. The summed E-state index contributed by atoms with van der Waals surface area (Å²) < 4.78 is 5.36. The summed E-state index contributed by atoms with van der Waals surface area (Å²) in [5.74, 6) is 1.10. The molecule has 1 saturated heterocycles. The van der Waals surface area contributed by atoms with Crippen LogP contribution >= 0.6 is 11.6 Å². The second-order valence-electron chi connectivity index (χ2n) is 5.49. The van der Waals surface area contributed by atoms with Crippen LogP contribution in [-0.4, -0.2) is 37.3 Å². The maximum Gasteiger partial charge on any atom is 0.132 e. The summed E-state index contributed by atoms with van der Waals surface area (Å²) >= 11 is 6.34. The summed E-state index contributed by atoms with van der Waals surface area (Å²) in [6.45, 7) is 6.25. The van der Waals surface area contributed by atoms with E-state index in [4.69, 9.17) is 21.3 Å². The fourth-order valence-corrected chi connectivity index (χ4v) is 3.45. The van der Waals surface area contributed by atoms with Crippen molar-refractivity contribution in [2.24, 2.45) is 0 Å². The zero-order valence-corrected chi connectivity index (χ0v) is 12.4. The summed E-state index contributed by atoms with van der Waals surface area (Å²) in [7, 11) is 1.69. The minimum atomic E-state index is -0.0740. The van der Waals surface area contributed by atoms with Gasteiger partial charge in [-0.2, -0.15) is 0 Å². The predicted molar refractivity (Wildman–Crippen MR) is 77.0 cm³/mol. The molecule has 0 aromatic carbocycles. The summed E-state index contributed by atoms with van der Waals surface area (Å²) in [6, 6.07) is 3.05. The zero-order valence-electron chi connectivity index (χ0n) is 11.6. The molecule has 0 aliphatic carbocycles. The third kappa shape index (κ3) is 2.12. The second-order valence-corrected chi connectivity index (χ2v) is 5.90. The molecule has 1 fully saturated rings. The highest BCUT2D eigenvalue weighted by atomic mass is 35.5. The summed E-state index contributed by atoms with van der Waals surface area (Å²) in [6.07, 6.45) is 0.955. The molecule has 1 aromatic heterocycles. The maximum absolute atomic E-state index is 6.34. The van der Waals surface area contributed by atoms with Crippen LogP contribution in [0.15, 0.2) is 6.07 Å². The Hall–Kier alpha value is -0.840. The first-order valence-corrected chi connectivity index (χ1v) is 7.20. The summed E-state index contributed by atoms with van der Waals surface area (Å²) in [5.41, 5.74) is 2.10. The predicted octanol–water partition coefficient (Wildman–Crippen LogP) is 2.17. The molecule has 19 heavy (non-hydrogen) atoms. The third-order valence-corrected chi connectivity index (χ3v) is 4.49. The Kier molecular flexibility index (Phi) is 3.41. The van der Waals surface area contributed by atoms with Crippen LogP contribution in [0.5, 0.6) is 0 Å². The monoisotopic (exact) mass is 281 g/mol. The average molecular weight is 282 g/mol. The number of methoxy groups -OCH3 is 1. The van der Waals surface area contributed by atoms with E-state index in [9.17, 15) is 0 Å². The van der Waals surface area contributed by atoms with Gasteiger partial charge < -0.3 is 15.0 Å². The van der Waals surface area contributed by atoms with Crippen LogP contribution in [0.2, 0.25) is 5.02 Å². The van der Waals surface area contributed by atoms with Gasteiger partial charge in [0.25, 0.3) is 0 Å². The van der Waals surface area contributed by atoms with E-state index in [-0.39, 0.29) is 6.10 Å². The van der Waals surface area contributed by atoms with Gasteiger partial charge in [0.2, 0.25) is 0 Å². The van der Waals surface area contributed by atoms with E-state index in [2.05, 4.69) is 23.2 Å². The third-order valence-electron chi connectivity index (χ3n) is 4.19. The van der Waals surface area contributed by atoms with Crippen LogP contribution < -0.4 is 10.2 Å². The minimum Gasteiger partial charge on any atom is -0.375 e. The maximum atomic E-state index is 6.34. The van der Waals surface area contributed by atoms with E-state index in [0.29, 0.717) is 17.1 Å². The molecule has 2 aliphatic heterocycles. The molecule has 0 spiro atoms. The fraction of sp³-hybridized carbons (Fsp3) is 0.643. The molecule has 0 bridgehead atoms. The second kappa shape index (κ2) is 4.93. The lowest BCUT2D eigenvalue weighted by molar-refractivity contribution is 0.116. The van der Waals surface area contributed by atoms with Gasteiger partial charge >= 0.3 is 0 Å². The normalized spacial score (nSPS) is 27.1. The molecule has 5 heteroatoms. The van der Waals surface area contributed by atoms with E-state index in [1.54, 1.807) is 7.11 Å². The number of aromatic nitrogens is 1. The first-order chi connectivity index (χ1) is 9.11. The number of pyridine rings is 1. The summed E-state index contributed by atoms with van der Waals surface area (Å²) in [5, 5.41) is 4.19. The largest absolute Gasteiger partial charge is 0.375 e. The van der Waals surface area contributed by atoms with Gasteiger partial charge in [-0.25, -0.2) is 4.98 Å². The standard InChI is InChI=1S/C14H20ClN3O/c1-8-6-16-7-11-4-10-5-12(15)13(9(2)19-3)17-14(10)18(8)11/h5,8-9,11,16H,4,6-7H2,1-3H3/t8-,9+,11-/m1/s1. The Labute approximate surface area is 119 Å². The molecule has 3 rings (SSSR count). The van der Waals surface area contributed by atoms with Gasteiger partial charge in [0.15, 0.2) is 0 Å². The Morgan fingerprint density at radius 2 is 2.32 bits per heavy atom. The van der Waals surface area contributed by atoms with Gasteiger partial charge in [0.1, 0.15) is 5.82 Å². The first kappa shape index (κ1) is 13.2. The number of nitrogens with zero attached hydrogens (tertiary/aromatic N) is 2. The number of ether oxygens (including phenoxy) is 1. The number of fused-ring (bicyclic) bond motifs is 3. The van der Waals surface area contributed by atoms with Crippen LogP contribution in [-0.2, 0) is 11.2 Å². The average Bonchev–Trinajstić information content (AvgIpc) is 2.75. The number of rotatable bonds is 2. The SMILES string of the molecule is CO[C@@H](C)c1nc2c(cc1Cl)C[C@@H]1CNC[C@@H](C)N21. The van der Waals surface area contributed by atoms with Crippen molar-refractivity contribution in [3.8, 4) is 0 Å². The Morgan fingerprint density at radius 3 is 3.05 bits per heavy atom. The Balaban J connectivity index is 2.03. The molecule has 0 amide bonds. The highest BCUT2D eigenvalue weighted by molar-refractivity contribution is 6.31. The lowest BCUT2D eigenvalue weighted by Gasteiger charge is -2.37. The topological polar surface area (TPSA) is 37.4 Å². The van der Waals surface area contributed by atoms with Crippen molar-refractivity contribution in [3.63, 3.8) is 0 Å². The summed E-state index contributed by atoms with van der Waals surface area (Å²) in [4.78, 5) is 7.24. The van der Waals surface area contributed by atoms with Crippen LogP contribution in [0.3, 0.4) is 0 Å². The van der Waals surface area contributed by atoms with E-state index in [0.717, 1.165) is 31.0 Å². The van der Waals surface area contributed by atoms with Crippen molar-refractivity contribution in [1.82, 2.24) is 10.3 Å². The highest BCUT2D eigenvalue weighted by Gasteiger charge is 2.37. The molecule has 4 nitrogen and oxygen atoms in total. The molecule has 0 radical (unpaired) electrons. The van der Waals surface area contributed by atoms with Crippen molar-refractivity contribution in [2.45, 2.75) is 38.5 Å². The highest BCUT2D eigenvalue weighted by Crippen LogP contribution is 2.37. The molecule has 0 unspecified atom stereocenters. The van der Waals surface area contributed by atoms with E-state index in [1.165, 1.54) is 5.56 Å². The van der Waals surface area contributed by atoms with Crippen molar-refractivity contribution < 1.29 is 4.74 Å². The number of hydrogen-bond donors (Lipinski definition) is 1. The molecular formula is C14H20ClN3O. The molecule has 1 aromatic rings. The van der Waals surface area contributed by atoms with E-state index >= 15 is 0 Å².